The van der Waals surface area contributed by atoms with Crippen molar-refractivity contribution < 1.29 is 23.8 Å². The molecule has 1 aromatic carbocycles. The molecular formula is C21H17N5O5S. The fourth-order valence-corrected chi connectivity index (χ4v) is 3.89. The van der Waals surface area contributed by atoms with E-state index in [-0.39, 0.29) is 28.7 Å². The predicted molar refractivity (Wildman–Crippen MR) is 119 cm³/mol. The van der Waals surface area contributed by atoms with Crippen LogP contribution in [0.1, 0.15) is 18.1 Å². The molecule has 3 heterocycles. The molecule has 32 heavy (non-hydrogen) atoms. The number of ether oxygens (including phenoxy) is 3. The van der Waals surface area contributed by atoms with Gasteiger partial charge in [0.2, 0.25) is 10.9 Å². The second-order valence-corrected chi connectivity index (χ2v) is 7.47. The van der Waals surface area contributed by atoms with E-state index in [0.29, 0.717) is 15.8 Å². The molecule has 0 aliphatic carbocycles. The first-order chi connectivity index (χ1) is 15.4. The van der Waals surface area contributed by atoms with E-state index in [1.165, 1.54) is 44.0 Å². The second kappa shape index (κ2) is 8.63. The van der Waals surface area contributed by atoms with Gasteiger partial charge in [0.1, 0.15) is 5.04 Å². The first kappa shape index (κ1) is 21.2. The molecule has 10 nitrogen and oxygen atoms in total. The summed E-state index contributed by atoms with van der Waals surface area (Å²) in [5.74, 6) is -0.619. The van der Waals surface area contributed by atoms with Crippen molar-refractivity contribution in [1.29, 1.82) is 5.41 Å². The number of methoxy groups -OCH3 is 2. The lowest BCUT2D eigenvalue weighted by atomic mass is 10.1. The quantitative estimate of drug-likeness (QED) is 0.418. The van der Waals surface area contributed by atoms with Crippen molar-refractivity contribution >= 4 is 45.8 Å². The normalized spacial score (nSPS) is 16.5. The number of nitrogens with one attached hydrogen (secondary N) is 1. The Labute approximate surface area is 187 Å². The number of benzene rings is 1. The molecule has 0 unspecified atom stereocenters. The van der Waals surface area contributed by atoms with Crippen LogP contribution in [0.25, 0.3) is 6.08 Å². The molecule has 0 saturated carbocycles. The monoisotopic (exact) mass is 451 g/mol. The molecule has 0 bridgehead atoms. The molecule has 11 heteroatoms. The Hall–Kier alpha value is -3.99. The van der Waals surface area contributed by atoms with E-state index >= 15 is 0 Å². The summed E-state index contributed by atoms with van der Waals surface area (Å²) < 4.78 is 15.8. The van der Waals surface area contributed by atoms with Crippen LogP contribution in [0, 0.1) is 5.41 Å². The summed E-state index contributed by atoms with van der Waals surface area (Å²) in [5, 5.41) is 15.2. The zero-order valence-corrected chi connectivity index (χ0v) is 18.1. The highest BCUT2D eigenvalue weighted by atomic mass is 32.2. The highest BCUT2D eigenvalue weighted by Gasteiger charge is 2.36. The first-order valence-corrected chi connectivity index (χ1v) is 10.1. The Morgan fingerprint density at radius 1 is 1.16 bits per heavy atom. The number of carbonyl (C=O) groups is 2. The van der Waals surface area contributed by atoms with Crippen LogP contribution >= 0.6 is 11.8 Å². The second-order valence-electron chi connectivity index (χ2n) is 6.51. The zero-order valence-electron chi connectivity index (χ0n) is 17.3. The Bertz CT molecular complexity index is 1200. The molecule has 162 valence electrons. The third-order valence-corrected chi connectivity index (χ3v) is 5.38. The average Bonchev–Trinajstić information content (AvgIpc) is 3.21. The van der Waals surface area contributed by atoms with Gasteiger partial charge in [-0.25, -0.2) is 0 Å². The summed E-state index contributed by atoms with van der Waals surface area (Å²) in [6, 6.07) is 6.71. The number of aliphatic imine (C=N–C) groups is 1. The van der Waals surface area contributed by atoms with E-state index in [9.17, 15) is 9.59 Å². The number of hydrogen-bond acceptors (Lipinski definition) is 9. The van der Waals surface area contributed by atoms with Gasteiger partial charge < -0.3 is 14.2 Å². The van der Waals surface area contributed by atoms with Crippen molar-refractivity contribution in [2.75, 3.05) is 14.2 Å². The number of nitrogens with zero attached hydrogens (tertiary/aromatic N) is 4. The van der Waals surface area contributed by atoms with Crippen LogP contribution < -0.4 is 14.2 Å². The molecule has 0 atom stereocenters. The van der Waals surface area contributed by atoms with E-state index in [0.717, 1.165) is 5.56 Å². The molecule has 4 rings (SSSR count). The van der Waals surface area contributed by atoms with Gasteiger partial charge in [0, 0.05) is 24.9 Å². The number of hydrogen-bond donors (Lipinski definition) is 1. The lowest BCUT2D eigenvalue weighted by Crippen LogP contribution is -2.35. The van der Waals surface area contributed by atoms with E-state index in [4.69, 9.17) is 19.6 Å². The standard InChI is InChI=1S/C21H17N5O5S/c1-11(27)31-17-15(29-2)9-12(10-16(17)30-3)8-14-18(22)26-21(24-19(14)28)32-20(25-26)13-4-6-23-7-5-13/h4-10,22H,1-3H3. The van der Waals surface area contributed by atoms with Crippen molar-refractivity contribution in [1.82, 2.24) is 9.99 Å². The number of amidine groups is 2. The molecule has 1 N–H and O–H groups in total. The molecule has 1 amide bonds. The summed E-state index contributed by atoms with van der Waals surface area (Å²) in [5.41, 5.74) is 1.34. The molecule has 0 spiro atoms. The highest BCUT2D eigenvalue weighted by molar-refractivity contribution is 8.27. The van der Waals surface area contributed by atoms with Crippen LogP contribution in [0.3, 0.4) is 0 Å². The zero-order chi connectivity index (χ0) is 22.8. The van der Waals surface area contributed by atoms with Gasteiger partial charge in [0.25, 0.3) is 5.91 Å². The molecule has 2 aliphatic heterocycles. The Kier molecular flexibility index (Phi) is 5.73. The number of carbonyl (C=O) groups excluding carboxylic acids is 2. The highest BCUT2D eigenvalue weighted by Crippen LogP contribution is 2.39. The number of rotatable bonds is 5. The number of thioether (sulfide) groups is 1. The van der Waals surface area contributed by atoms with Crippen molar-refractivity contribution in [3.8, 4) is 17.2 Å². The molecule has 0 radical (unpaired) electrons. The van der Waals surface area contributed by atoms with Crippen molar-refractivity contribution in [3.05, 3.63) is 53.4 Å². The van der Waals surface area contributed by atoms with Crippen LogP contribution in [-0.2, 0) is 9.59 Å². The van der Waals surface area contributed by atoms with Gasteiger partial charge in [-0.15, -0.1) is 0 Å². The number of esters is 1. The van der Waals surface area contributed by atoms with Crippen molar-refractivity contribution in [3.63, 3.8) is 0 Å². The summed E-state index contributed by atoms with van der Waals surface area (Å²) in [6.45, 7) is 1.27. The molecule has 0 fully saturated rings. The van der Waals surface area contributed by atoms with E-state index in [2.05, 4.69) is 15.1 Å². The third-order valence-electron chi connectivity index (χ3n) is 4.42. The van der Waals surface area contributed by atoms with Gasteiger partial charge in [-0.1, -0.05) is 0 Å². The number of hydrazone groups is 1. The van der Waals surface area contributed by atoms with Gasteiger partial charge in [-0.05, 0) is 47.7 Å². The molecule has 2 aromatic rings. The fourth-order valence-electron chi connectivity index (χ4n) is 3.00. The Morgan fingerprint density at radius 2 is 1.81 bits per heavy atom. The maximum atomic E-state index is 12.7. The lowest BCUT2D eigenvalue weighted by molar-refractivity contribution is -0.132. The maximum Gasteiger partial charge on any atom is 0.308 e. The SMILES string of the molecule is COc1cc(C=C2C(=N)N3N=C(c4ccncc4)SC3=NC2=O)cc(OC)c1OC(C)=O. The first-order valence-electron chi connectivity index (χ1n) is 9.26. The van der Waals surface area contributed by atoms with Crippen LogP contribution in [0.5, 0.6) is 17.2 Å². The van der Waals surface area contributed by atoms with E-state index < -0.39 is 11.9 Å². The molecular weight excluding hydrogens is 434 g/mol. The Balaban J connectivity index is 1.71. The van der Waals surface area contributed by atoms with E-state index in [1.54, 1.807) is 36.7 Å². The van der Waals surface area contributed by atoms with Crippen molar-refractivity contribution in [2.24, 2.45) is 10.1 Å². The van der Waals surface area contributed by atoms with Gasteiger partial charge in [0.15, 0.2) is 17.3 Å². The van der Waals surface area contributed by atoms with Gasteiger partial charge >= 0.3 is 5.97 Å². The number of pyridine rings is 1. The smallest absolute Gasteiger partial charge is 0.308 e. The van der Waals surface area contributed by atoms with Gasteiger partial charge in [0.05, 0.1) is 19.8 Å². The summed E-state index contributed by atoms with van der Waals surface area (Å²) in [7, 11) is 2.83. The molecule has 2 aliphatic rings. The number of fused-ring (bicyclic) bond motifs is 1. The lowest BCUT2D eigenvalue weighted by Gasteiger charge is -2.20. The fraction of sp³-hybridized carbons (Fsp3) is 0.143. The van der Waals surface area contributed by atoms with Crippen LogP contribution in [0.15, 0.2) is 52.3 Å². The largest absolute Gasteiger partial charge is 0.493 e. The van der Waals surface area contributed by atoms with E-state index in [1.807, 2.05) is 0 Å². The molecule has 1 aromatic heterocycles. The third kappa shape index (κ3) is 3.97. The minimum absolute atomic E-state index is 0.0402. The maximum absolute atomic E-state index is 12.7. The average molecular weight is 451 g/mol. The van der Waals surface area contributed by atoms with Crippen LogP contribution in [-0.4, -0.2) is 52.1 Å². The predicted octanol–water partition coefficient (Wildman–Crippen LogP) is 2.69. The van der Waals surface area contributed by atoms with Gasteiger partial charge in [-0.3, -0.25) is 20.0 Å². The number of aromatic nitrogens is 1. The topological polar surface area (TPSA) is 127 Å². The minimum Gasteiger partial charge on any atom is -0.493 e. The Morgan fingerprint density at radius 3 is 2.41 bits per heavy atom. The summed E-state index contributed by atoms with van der Waals surface area (Å²) >= 11 is 1.20. The number of amides is 1. The summed E-state index contributed by atoms with van der Waals surface area (Å²) in [6.07, 6.45) is 4.76. The molecule has 0 saturated heterocycles. The minimum atomic E-state index is -0.568. The van der Waals surface area contributed by atoms with Crippen LogP contribution in [0.2, 0.25) is 0 Å². The van der Waals surface area contributed by atoms with Gasteiger partial charge in [-0.2, -0.15) is 15.1 Å². The van der Waals surface area contributed by atoms with Crippen LogP contribution in [0.4, 0.5) is 0 Å². The summed E-state index contributed by atoms with van der Waals surface area (Å²) in [4.78, 5) is 32.2. The van der Waals surface area contributed by atoms with Crippen molar-refractivity contribution in [2.45, 2.75) is 6.92 Å².